The normalized spacial score (nSPS) is 18.1. The second-order valence-corrected chi connectivity index (χ2v) is 6.07. The van der Waals surface area contributed by atoms with Gasteiger partial charge in [0, 0.05) is 5.69 Å². The number of aryl methyl sites for hydroxylation is 1. The van der Waals surface area contributed by atoms with Gasteiger partial charge in [0.15, 0.2) is 0 Å². The highest BCUT2D eigenvalue weighted by Gasteiger charge is 2.41. The van der Waals surface area contributed by atoms with Gasteiger partial charge in [-0.3, -0.25) is 4.79 Å². The van der Waals surface area contributed by atoms with Crippen LogP contribution >= 0.6 is 12.2 Å². The first kappa shape index (κ1) is 15.0. The van der Waals surface area contributed by atoms with Crippen molar-refractivity contribution in [2.45, 2.75) is 45.4 Å². The number of anilines is 1. The molecule has 108 valence electrons. The van der Waals surface area contributed by atoms with Gasteiger partial charge >= 0.3 is 0 Å². The molecule has 0 radical (unpaired) electrons. The molecule has 1 aromatic carbocycles. The Morgan fingerprint density at radius 3 is 2.35 bits per heavy atom. The molecule has 0 saturated heterocycles. The van der Waals surface area contributed by atoms with E-state index in [-0.39, 0.29) is 5.91 Å². The molecular formula is C16H22N2OS. The topological polar surface area (TPSA) is 55.1 Å². The number of benzene rings is 1. The van der Waals surface area contributed by atoms with Gasteiger partial charge in [-0.05, 0) is 31.4 Å². The van der Waals surface area contributed by atoms with Crippen LogP contribution < -0.4 is 11.1 Å². The highest BCUT2D eigenvalue weighted by molar-refractivity contribution is 7.80. The van der Waals surface area contributed by atoms with Crippen LogP contribution in [0.15, 0.2) is 24.3 Å². The average molecular weight is 290 g/mol. The molecule has 3 nitrogen and oxygen atoms in total. The van der Waals surface area contributed by atoms with Gasteiger partial charge < -0.3 is 11.1 Å². The fourth-order valence-corrected chi connectivity index (χ4v) is 3.17. The Morgan fingerprint density at radius 2 is 1.80 bits per heavy atom. The number of nitrogens with two attached hydrogens (primary N) is 1. The van der Waals surface area contributed by atoms with Gasteiger partial charge in [0.25, 0.3) is 0 Å². The summed E-state index contributed by atoms with van der Waals surface area (Å²) in [6, 6.07) is 7.77. The van der Waals surface area contributed by atoms with Gasteiger partial charge in [-0.25, -0.2) is 0 Å². The molecule has 0 atom stereocenters. The van der Waals surface area contributed by atoms with Gasteiger partial charge in [-0.2, -0.15) is 0 Å². The minimum Gasteiger partial charge on any atom is -0.392 e. The highest BCUT2D eigenvalue weighted by Crippen LogP contribution is 2.37. The van der Waals surface area contributed by atoms with Crippen LogP contribution in [0.25, 0.3) is 0 Å². The molecule has 20 heavy (non-hydrogen) atoms. The molecule has 1 aliphatic rings. The maximum Gasteiger partial charge on any atom is 0.237 e. The van der Waals surface area contributed by atoms with Crippen LogP contribution in [0.5, 0.6) is 0 Å². The van der Waals surface area contributed by atoms with Gasteiger partial charge in [-0.15, -0.1) is 0 Å². The molecule has 4 heteroatoms. The molecular weight excluding hydrogens is 268 g/mol. The number of amides is 1. The first-order valence-electron chi connectivity index (χ1n) is 7.23. The molecule has 1 amide bonds. The number of hydrogen-bond donors (Lipinski definition) is 2. The highest BCUT2D eigenvalue weighted by atomic mass is 32.1. The van der Waals surface area contributed by atoms with Crippen molar-refractivity contribution >= 4 is 28.8 Å². The molecule has 0 spiro atoms. The molecule has 1 aliphatic carbocycles. The summed E-state index contributed by atoms with van der Waals surface area (Å²) in [6.07, 6.45) is 5.86. The quantitative estimate of drug-likeness (QED) is 0.661. The first-order valence-corrected chi connectivity index (χ1v) is 7.64. The van der Waals surface area contributed by atoms with E-state index in [9.17, 15) is 4.79 Å². The zero-order valence-corrected chi connectivity index (χ0v) is 12.8. The molecule has 2 rings (SSSR count). The monoisotopic (exact) mass is 290 g/mol. The maximum atomic E-state index is 12.8. The van der Waals surface area contributed by atoms with Crippen molar-refractivity contribution < 1.29 is 4.79 Å². The van der Waals surface area contributed by atoms with Crippen molar-refractivity contribution in [3.63, 3.8) is 0 Å². The summed E-state index contributed by atoms with van der Waals surface area (Å²) >= 11 is 5.23. The number of carbonyl (C=O) groups excluding carboxylic acids is 1. The lowest BCUT2D eigenvalue weighted by Gasteiger charge is -2.30. The average Bonchev–Trinajstić information content (AvgIpc) is 2.68. The molecule has 0 bridgehead atoms. The standard InChI is InChI=1S/C16H22N2OS/c1-12-8-4-5-9-13(12)18-15(19)16(14(17)20)10-6-2-3-7-11-16/h4-5,8-9H,2-3,6-7,10-11H2,1H3,(H2,17,20)(H,18,19). The van der Waals surface area contributed by atoms with Gasteiger partial charge in [0.1, 0.15) is 0 Å². The third-order valence-corrected chi connectivity index (χ3v) is 4.65. The van der Waals surface area contributed by atoms with Crippen LogP contribution in [0.3, 0.4) is 0 Å². The number of carbonyl (C=O) groups is 1. The Kier molecular flexibility index (Phi) is 4.76. The van der Waals surface area contributed by atoms with Crippen molar-refractivity contribution in [1.29, 1.82) is 0 Å². The van der Waals surface area contributed by atoms with E-state index in [0.717, 1.165) is 49.8 Å². The molecule has 1 aromatic rings. The largest absolute Gasteiger partial charge is 0.392 e. The minimum atomic E-state index is -0.673. The van der Waals surface area contributed by atoms with Crippen LogP contribution in [0.1, 0.15) is 44.1 Å². The SMILES string of the molecule is Cc1ccccc1NC(=O)C1(C(N)=S)CCCCCC1. The Balaban J connectivity index is 2.23. The van der Waals surface area contributed by atoms with Crippen molar-refractivity contribution in [1.82, 2.24) is 0 Å². The van der Waals surface area contributed by atoms with E-state index in [1.54, 1.807) is 0 Å². The van der Waals surface area contributed by atoms with E-state index >= 15 is 0 Å². The van der Waals surface area contributed by atoms with Crippen molar-refractivity contribution in [3.8, 4) is 0 Å². The Labute approximate surface area is 125 Å². The van der Waals surface area contributed by atoms with Gasteiger partial charge in [-0.1, -0.05) is 56.1 Å². The van der Waals surface area contributed by atoms with Crippen LogP contribution in [0.4, 0.5) is 5.69 Å². The summed E-state index contributed by atoms with van der Waals surface area (Å²) in [5, 5.41) is 3.02. The predicted octanol–water partition coefficient (Wildman–Crippen LogP) is 3.56. The molecule has 0 unspecified atom stereocenters. The van der Waals surface area contributed by atoms with Gasteiger partial charge in [0.2, 0.25) is 5.91 Å². The second-order valence-electron chi connectivity index (χ2n) is 5.63. The van der Waals surface area contributed by atoms with E-state index < -0.39 is 5.41 Å². The number of nitrogens with one attached hydrogen (secondary N) is 1. The fourth-order valence-electron chi connectivity index (χ4n) is 2.87. The van der Waals surface area contributed by atoms with Crippen molar-refractivity contribution in [2.75, 3.05) is 5.32 Å². The molecule has 0 heterocycles. The number of thiocarbonyl (C=S) groups is 1. The zero-order chi connectivity index (χ0) is 14.6. The Hall–Kier alpha value is -1.42. The van der Waals surface area contributed by atoms with E-state index in [0.29, 0.717) is 4.99 Å². The predicted molar refractivity (Wildman–Crippen MR) is 86.7 cm³/mol. The number of rotatable bonds is 3. The first-order chi connectivity index (χ1) is 9.56. The van der Waals surface area contributed by atoms with Crippen LogP contribution in [-0.2, 0) is 4.79 Å². The summed E-state index contributed by atoms with van der Waals surface area (Å²) in [5.41, 5.74) is 7.16. The van der Waals surface area contributed by atoms with Crippen molar-refractivity contribution in [2.24, 2.45) is 11.1 Å². The fraction of sp³-hybridized carbons (Fsp3) is 0.500. The third-order valence-electron chi connectivity index (χ3n) is 4.26. The summed E-state index contributed by atoms with van der Waals surface area (Å²) in [5.74, 6) is -0.0406. The summed E-state index contributed by atoms with van der Waals surface area (Å²) < 4.78 is 0. The van der Waals surface area contributed by atoms with Gasteiger partial charge in [0.05, 0.1) is 10.4 Å². The summed E-state index contributed by atoms with van der Waals surface area (Å²) in [7, 11) is 0. The van der Waals surface area contributed by atoms with Crippen LogP contribution in [0.2, 0.25) is 0 Å². The molecule has 0 aliphatic heterocycles. The van der Waals surface area contributed by atoms with Crippen molar-refractivity contribution in [3.05, 3.63) is 29.8 Å². The lowest BCUT2D eigenvalue weighted by atomic mass is 9.79. The molecule has 1 saturated carbocycles. The van der Waals surface area contributed by atoms with E-state index in [4.69, 9.17) is 18.0 Å². The van der Waals surface area contributed by atoms with Crippen LogP contribution in [0, 0.1) is 12.3 Å². The molecule has 3 N–H and O–H groups in total. The Bertz CT molecular complexity index is 505. The van der Waals surface area contributed by atoms with Crippen LogP contribution in [-0.4, -0.2) is 10.9 Å². The zero-order valence-electron chi connectivity index (χ0n) is 11.9. The van der Waals surface area contributed by atoms with E-state index in [1.807, 2.05) is 31.2 Å². The van der Waals surface area contributed by atoms with E-state index in [2.05, 4.69) is 5.32 Å². The smallest absolute Gasteiger partial charge is 0.237 e. The maximum absolute atomic E-state index is 12.8. The number of para-hydroxylation sites is 1. The van der Waals surface area contributed by atoms with E-state index in [1.165, 1.54) is 0 Å². The molecule has 1 fully saturated rings. The second kappa shape index (κ2) is 6.35. The third kappa shape index (κ3) is 3.01. The lowest BCUT2D eigenvalue weighted by molar-refractivity contribution is -0.122. The molecule has 0 aromatic heterocycles. The lowest BCUT2D eigenvalue weighted by Crippen LogP contribution is -2.45. The summed E-state index contributed by atoms with van der Waals surface area (Å²) in [4.78, 5) is 13.1. The Morgan fingerprint density at radius 1 is 1.20 bits per heavy atom. The number of hydrogen-bond acceptors (Lipinski definition) is 2. The summed E-state index contributed by atoms with van der Waals surface area (Å²) in [6.45, 7) is 1.98. The minimum absolute atomic E-state index is 0.0406.